The molecule has 0 radical (unpaired) electrons. The zero-order chi connectivity index (χ0) is 32.3. The van der Waals surface area contributed by atoms with Gasteiger partial charge in [0.2, 0.25) is 0 Å². The van der Waals surface area contributed by atoms with Crippen molar-refractivity contribution < 1.29 is 0 Å². The predicted molar refractivity (Wildman–Crippen MR) is 205 cm³/mol. The lowest BCUT2D eigenvalue weighted by atomic mass is 9.54. The molecule has 0 aromatic carbocycles. The summed E-state index contributed by atoms with van der Waals surface area (Å²) in [5.41, 5.74) is 0. The van der Waals surface area contributed by atoms with Crippen LogP contribution in [0, 0.1) is 82.9 Å². The minimum Gasteiger partial charge on any atom is -0.294 e. The highest BCUT2D eigenvalue weighted by Gasteiger charge is 2.59. The van der Waals surface area contributed by atoms with Gasteiger partial charge >= 0.3 is 0 Å². The molecule has 0 aromatic rings. The average molecular weight is 670 g/mol. The van der Waals surface area contributed by atoms with Crippen molar-refractivity contribution in [2.45, 2.75) is 217 Å². The fourth-order valence-electron chi connectivity index (χ4n) is 18.0. The zero-order valence-corrected chi connectivity index (χ0v) is 32.2. The third kappa shape index (κ3) is 6.39. The van der Waals surface area contributed by atoms with Gasteiger partial charge in [0.25, 0.3) is 0 Å². The minimum absolute atomic E-state index is 0.938. The summed E-state index contributed by atoms with van der Waals surface area (Å²) in [6.45, 7) is 0. The van der Waals surface area contributed by atoms with Crippen molar-refractivity contribution in [1.29, 1.82) is 0 Å². The molecule has 10 saturated carbocycles. The van der Waals surface area contributed by atoms with Crippen LogP contribution in [0.15, 0.2) is 0 Å². The number of fused-ring (bicyclic) bond motifs is 7. The van der Waals surface area contributed by atoms with Crippen LogP contribution < -0.4 is 0 Å². The van der Waals surface area contributed by atoms with E-state index in [4.69, 9.17) is 0 Å². The first kappa shape index (κ1) is 33.5. The number of rotatable bonds is 5. The van der Waals surface area contributed by atoms with Crippen molar-refractivity contribution in [1.82, 2.24) is 4.90 Å². The highest BCUT2D eigenvalue weighted by atomic mass is 15.2. The second kappa shape index (κ2) is 14.7. The molecule has 49 heavy (non-hydrogen) atoms. The van der Waals surface area contributed by atoms with Crippen LogP contribution in [0.1, 0.15) is 199 Å². The normalized spacial score (nSPS) is 52.1. The summed E-state index contributed by atoms with van der Waals surface area (Å²) < 4.78 is 0. The molecule has 0 N–H and O–H groups in total. The van der Waals surface area contributed by atoms with E-state index in [1.807, 2.05) is 0 Å². The maximum absolute atomic E-state index is 3.49. The first-order valence-electron chi connectivity index (χ1n) is 24.1. The van der Waals surface area contributed by atoms with Crippen molar-refractivity contribution in [2.75, 3.05) is 0 Å². The Bertz CT molecular complexity index is 1070. The second-order valence-corrected chi connectivity index (χ2v) is 21.6. The summed E-state index contributed by atoms with van der Waals surface area (Å²) in [7, 11) is 0. The van der Waals surface area contributed by atoms with Gasteiger partial charge in [0.15, 0.2) is 0 Å². The van der Waals surface area contributed by atoms with Crippen LogP contribution in [0.5, 0.6) is 0 Å². The van der Waals surface area contributed by atoms with Crippen LogP contribution in [-0.4, -0.2) is 23.0 Å². The quantitative estimate of drug-likeness (QED) is 0.282. The Morgan fingerprint density at radius 2 is 0.776 bits per heavy atom. The van der Waals surface area contributed by atoms with Crippen molar-refractivity contribution in [3.63, 3.8) is 0 Å². The molecule has 0 amide bonds. The van der Waals surface area contributed by atoms with Gasteiger partial charge < -0.3 is 0 Å². The van der Waals surface area contributed by atoms with Gasteiger partial charge in [-0.05, 0) is 173 Å². The van der Waals surface area contributed by atoms with E-state index in [2.05, 4.69) is 4.90 Å². The Hall–Kier alpha value is -0.0400. The number of hydrogen-bond acceptors (Lipinski definition) is 1. The summed E-state index contributed by atoms with van der Waals surface area (Å²) in [6.07, 6.45) is 49.3. The maximum Gasteiger partial charge on any atom is 0.0132 e. The second-order valence-electron chi connectivity index (χ2n) is 21.6. The summed E-state index contributed by atoms with van der Waals surface area (Å²) in [5.74, 6) is 15.5. The molecule has 276 valence electrons. The van der Waals surface area contributed by atoms with Gasteiger partial charge in [-0.15, -0.1) is 0 Å². The monoisotopic (exact) mass is 670 g/mol. The molecule has 0 saturated heterocycles. The van der Waals surface area contributed by atoms with E-state index in [1.54, 1.807) is 193 Å². The maximum atomic E-state index is 3.49. The van der Waals surface area contributed by atoms with Gasteiger partial charge in [-0.25, -0.2) is 0 Å². The number of nitrogens with zero attached hydrogens (tertiary/aromatic N) is 1. The largest absolute Gasteiger partial charge is 0.294 e. The highest BCUT2D eigenvalue weighted by Crippen LogP contribution is 2.65. The fraction of sp³-hybridized carbons (Fsp3) is 1.00. The first-order valence-corrected chi connectivity index (χ1v) is 24.1. The molecule has 0 heterocycles. The molecule has 0 aliphatic heterocycles. The summed E-state index contributed by atoms with van der Waals surface area (Å²) >= 11 is 0. The molecular formula is C48H79N. The molecule has 1 heteroatoms. The van der Waals surface area contributed by atoms with Gasteiger partial charge in [0.1, 0.15) is 0 Å². The molecule has 10 aliphatic carbocycles. The van der Waals surface area contributed by atoms with Gasteiger partial charge in [-0.3, -0.25) is 4.90 Å². The third-order valence-electron chi connectivity index (χ3n) is 19.9. The van der Waals surface area contributed by atoms with Crippen LogP contribution in [0.3, 0.4) is 0 Å². The average Bonchev–Trinajstić information content (AvgIpc) is 3.78. The van der Waals surface area contributed by atoms with Gasteiger partial charge in [0.05, 0.1) is 0 Å². The highest BCUT2D eigenvalue weighted by molar-refractivity contribution is 5.10. The minimum atomic E-state index is 0.938. The molecule has 13 unspecified atom stereocenters. The van der Waals surface area contributed by atoms with E-state index in [9.17, 15) is 0 Å². The van der Waals surface area contributed by atoms with E-state index < -0.39 is 0 Å². The Labute approximate surface area is 304 Å². The van der Waals surface area contributed by atoms with Crippen LogP contribution in [0.25, 0.3) is 0 Å². The Morgan fingerprint density at radius 3 is 1.49 bits per heavy atom. The smallest absolute Gasteiger partial charge is 0.0132 e. The van der Waals surface area contributed by atoms with Gasteiger partial charge in [-0.1, -0.05) is 109 Å². The lowest BCUT2D eigenvalue weighted by molar-refractivity contribution is -0.0502. The first-order chi connectivity index (χ1) is 24.3. The topological polar surface area (TPSA) is 3.24 Å². The molecular weight excluding hydrogens is 591 g/mol. The molecule has 10 rings (SSSR count). The van der Waals surface area contributed by atoms with Crippen LogP contribution in [-0.2, 0) is 0 Å². The van der Waals surface area contributed by atoms with E-state index >= 15 is 0 Å². The van der Waals surface area contributed by atoms with Crippen molar-refractivity contribution >= 4 is 0 Å². The van der Waals surface area contributed by atoms with E-state index in [0.717, 1.165) is 101 Å². The fourth-order valence-corrected chi connectivity index (χ4v) is 18.0. The Balaban J connectivity index is 0.930. The van der Waals surface area contributed by atoms with Crippen LogP contribution in [0.2, 0.25) is 0 Å². The lowest BCUT2D eigenvalue weighted by Gasteiger charge is -2.54. The standard InChI is InChI=1S/C48H79N/c1-2-11-32(12-3-1)34-21-24-40(25-22-34)49(41-26-23-33-13-4-5-16-37(33)29-41)47-20-10-19-43-45(47)31-46-42-18-9-8-17-38(42)30-44(48(43)46)39-27-35-14-6-7-15-36(35)28-39/h32-48H,1-31H2. The molecule has 1 nitrogen and oxygen atoms in total. The molecule has 13 atom stereocenters. The van der Waals surface area contributed by atoms with Crippen molar-refractivity contribution in [2.24, 2.45) is 82.9 Å². The zero-order valence-electron chi connectivity index (χ0n) is 32.2. The van der Waals surface area contributed by atoms with E-state index in [-0.39, 0.29) is 0 Å². The number of hydrogen-bond donors (Lipinski definition) is 0. The molecule has 10 aliphatic rings. The Kier molecular flexibility index (Phi) is 10.0. The summed E-state index contributed by atoms with van der Waals surface area (Å²) in [5, 5.41) is 0. The summed E-state index contributed by atoms with van der Waals surface area (Å²) in [4.78, 5) is 3.49. The van der Waals surface area contributed by atoms with Crippen LogP contribution >= 0.6 is 0 Å². The van der Waals surface area contributed by atoms with Crippen molar-refractivity contribution in [3.05, 3.63) is 0 Å². The SMILES string of the molecule is C1CCC(C2CCC(N(C3CCC4CCCCC4C3)C3CCCC4C3CC3C5CCCCC5CC(C5CC6CCCCC6C5)C34)CC2)CC1. The van der Waals surface area contributed by atoms with Crippen LogP contribution in [0.4, 0.5) is 0 Å². The van der Waals surface area contributed by atoms with Crippen molar-refractivity contribution in [3.8, 4) is 0 Å². The third-order valence-corrected chi connectivity index (χ3v) is 19.9. The molecule has 0 spiro atoms. The Morgan fingerprint density at radius 1 is 0.245 bits per heavy atom. The molecule has 0 bridgehead atoms. The summed E-state index contributed by atoms with van der Waals surface area (Å²) in [6, 6.07) is 2.84. The van der Waals surface area contributed by atoms with E-state index in [0.29, 0.717) is 0 Å². The predicted octanol–water partition coefficient (Wildman–Crippen LogP) is 13.3. The van der Waals surface area contributed by atoms with Gasteiger partial charge in [0, 0.05) is 18.1 Å². The lowest BCUT2D eigenvalue weighted by Crippen LogP contribution is -2.57. The van der Waals surface area contributed by atoms with Gasteiger partial charge in [-0.2, -0.15) is 0 Å². The molecule has 0 aromatic heterocycles. The molecule has 10 fully saturated rings. The van der Waals surface area contributed by atoms with E-state index in [1.165, 1.54) is 6.42 Å².